The van der Waals surface area contributed by atoms with Gasteiger partial charge in [0.15, 0.2) is 0 Å². The molecule has 0 radical (unpaired) electrons. The monoisotopic (exact) mass is 472 g/mol. The lowest BCUT2D eigenvalue weighted by molar-refractivity contribution is -0.136. The van der Waals surface area contributed by atoms with Crippen molar-refractivity contribution in [2.45, 2.75) is 37.4 Å². The average Bonchev–Trinajstić information content (AvgIpc) is 3.28. The third kappa shape index (κ3) is 3.16. The van der Waals surface area contributed by atoms with Crippen molar-refractivity contribution in [3.05, 3.63) is 83.4 Å². The molecule has 4 aromatic rings. The molecule has 2 heterocycles. The SMILES string of the molecule is N#Cc1c(-c2ccccc2)cc(C(F)(F)F)c2c3n(nc12)[C@@]1(c2ccccc2)CCCC[C@H]1CN3. The van der Waals surface area contributed by atoms with Crippen molar-refractivity contribution >= 4 is 16.7 Å². The summed E-state index contributed by atoms with van der Waals surface area (Å²) in [6.07, 6.45) is -0.811. The molecule has 4 nitrogen and oxygen atoms in total. The number of halogens is 3. The summed E-state index contributed by atoms with van der Waals surface area (Å²) >= 11 is 0. The normalized spacial score (nSPS) is 21.6. The van der Waals surface area contributed by atoms with Crippen LogP contribution in [0.15, 0.2) is 66.7 Å². The molecule has 2 atom stereocenters. The zero-order valence-electron chi connectivity index (χ0n) is 18.9. The van der Waals surface area contributed by atoms with Gasteiger partial charge in [-0.15, -0.1) is 0 Å². The molecule has 0 unspecified atom stereocenters. The molecule has 7 heteroatoms. The van der Waals surface area contributed by atoms with E-state index in [2.05, 4.69) is 11.4 Å². The van der Waals surface area contributed by atoms with E-state index < -0.39 is 17.3 Å². The molecular weight excluding hydrogens is 449 g/mol. The predicted molar refractivity (Wildman–Crippen MR) is 129 cm³/mol. The van der Waals surface area contributed by atoms with Crippen LogP contribution in [0.25, 0.3) is 22.0 Å². The number of fused-ring (bicyclic) bond motifs is 5. The number of rotatable bonds is 2. The molecule has 1 aliphatic carbocycles. The molecule has 1 aromatic heterocycles. The summed E-state index contributed by atoms with van der Waals surface area (Å²) in [5.41, 5.74) is 0.804. The van der Waals surface area contributed by atoms with Crippen molar-refractivity contribution in [1.82, 2.24) is 9.78 Å². The second kappa shape index (κ2) is 7.88. The fourth-order valence-corrected chi connectivity index (χ4v) is 6.13. The average molecular weight is 473 g/mol. The number of anilines is 1. The number of hydrogen-bond acceptors (Lipinski definition) is 3. The van der Waals surface area contributed by atoms with Crippen LogP contribution in [0.4, 0.5) is 19.0 Å². The van der Waals surface area contributed by atoms with Crippen LogP contribution in [-0.2, 0) is 11.7 Å². The third-order valence-electron chi connectivity index (χ3n) is 7.65. The number of nitriles is 1. The fraction of sp³-hybridized carbons (Fsp3) is 0.286. The van der Waals surface area contributed by atoms with Crippen LogP contribution in [0.5, 0.6) is 0 Å². The van der Waals surface area contributed by atoms with E-state index in [0.29, 0.717) is 17.9 Å². The molecule has 0 amide bonds. The number of nitrogens with zero attached hydrogens (tertiary/aromatic N) is 3. The van der Waals surface area contributed by atoms with Gasteiger partial charge in [0.1, 0.15) is 17.4 Å². The minimum Gasteiger partial charge on any atom is -0.369 e. The first-order chi connectivity index (χ1) is 16.9. The minimum atomic E-state index is -4.61. The maximum atomic E-state index is 14.5. The van der Waals surface area contributed by atoms with Gasteiger partial charge < -0.3 is 5.32 Å². The van der Waals surface area contributed by atoms with Gasteiger partial charge in [-0.1, -0.05) is 73.5 Å². The summed E-state index contributed by atoms with van der Waals surface area (Å²) < 4.78 is 45.3. The largest absolute Gasteiger partial charge is 0.417 e. The van der Waals surface area contributed by atoms with Crippen LogP contribution in [0, 0.1) is 17.2 Å². The van der Waals surface area contributed by atoms with Gasteiger partial charge in [-0.05, 0) is 30.0 Å². The molecule has 0 spiro atoms. The number of hydrogen-bond donors (Lipinski definition) is 1. The Morgan fingerprint density at radius 3 is 2.43 bits per heavy atom. The maximum Gasteiger partial charge on any atom is 0.417 e. The Labute approximate surface area is 201 Å². The quantitative estimate of drug-likeness (QED) is 0.343. The van der Waals surface area contributed by atoms with Crippen LogP contribution in [-0.4, -0.2) is 16.3 Å². The van der Waals surface area contributed by atoms with Crippen LogP contribution in [0.1, 0.15) is 42.4 Å². The van der Waals surface area contributed by atoms with Gasteiger partial charge in [-0.3, -0.25) is 0 Å². The molecule has 3 aromatic carbocycles. The fourth-order valence-electron chi connectivity index (χ4n) is 6.13. The van der Waals surface area contributed by atoms with Gasteiger partial charge in [-0.2, -0.15) is 23.5 Å². The summed E-state index contributed by atoms with van der Waals surface area (Å²) in [5.74, 6) is 0.541. The van der Waals surface area contributed by atoms with Crippen LogP contribution in [0.3, 0.4) is 0 Å². The molecule has 35 heavy (non-hydrogen) atoms. The van der Waals surface area contributed by atoms with E-state index in [9.17, 15) is 18.4 Å². The molecule has 0 saturated heterocycles. The molecule has 176 valence electrons. The van der Waals surface area contributed by atoms with E-state index in [1.165, 1.54) is 0 Å². The van der Waals surface area contributed by atoms with Gasteiger partial charge in [0.05, 0.1) is 22.1 Å². The summed E-state index contributed by atoms with van der Waals surface area (Å²) in [6, 6.07) is 22.0. The van der Waals surface area contributed by atoms with E-state index in [4.69, 9.17) is 5.10 Å². The first kappa shape index (κ1) is 21.7. The standard InChI is InChI=1S/C28H23F3N4/c29-28(30,31)23-15-21(18-9-3-1-4-10-18)22(16-32)25-24(23)26-33-17-20-13-7-8-14-27(20,35(26)34-25)19-11-5-2-6-12-19/h1-6,9-12,15,20,33H,7-8,13-14,17H2/t20-,27+/m0/s1. The van der Waals surface area contributed by atoms with E-state index >= 15 is 0 Å². The zero-order valence-corrected chi connectivity index (χ0v) is 18.9. The Morgan fingerprint density at radius 2 is 1.74 bits per heavy atom. The summed E-state index contributed by atoms with van der Waals surface area (Å²) in [7, 11) is 0. The Morgan fingerprint density at radius 1 is 1.03 bits per heavy atom. The molecule has 1 aliphatic heterocycles. The molecule has 1 saturated carbocycles. The summed E-state index contributed by atoms with van der Waals surface area (Å²) in [6.45, 7) is 0.565. The molecule has 1 fully saturated rings. The predicted octanol–water partition coefficient (Wildman–Crippen LogP) is 6.95. The zero-order chi connectivity index (χ0) is 24.2. The van der Waals surface area contributed by atoms with Crippen LogP contribution < -0.4 is 5.32 Å². The van der Waals surface area contributed by atoms with Crippen molar-refractivity contribution in [1.29, 1.82) is 5.26 Å². The molecule has 0 bridgehead atoms. The van der Waals surface area contributed by atoms with Gasteiger partial charge >= 0.3 is 6.18 Å². The van der Waals surface area contributed by atoms with Crippen molar-refractivity contribution in [2.24, 2.45) is 5.92 Å². The summed E-state index contributed by atoms with van der Waals surface area (Å²) in [5, 5.41) is 18.3. The Hall–Kier alpha value is -3.79. The molecular formula is C28H23F3N4. The highest BCUT2D eigenvalue weighted by Gasteiger charge is 2.49. The van der Waals surface area contributed by atoms with E-state index in [-0.39, 0.29) is 27.9 Å². The smallest absolute Gasteiger partial charge is 0.369 e. The maximum absolute atomic E-state index is 14.5. The summed E-state index contributed by atoms with van der Waals surface area (Å²) in [4.78, 5) is 0. The highest BCUT2D eigenvalue weighted by molar-refractivity contribution is 6.01. The lowest BCUT2D eigenvalue weighted by Gasteiger charge is -2.48. The second-order valence-electron chi connectivity index (χ2n) is 9.42. The lowest BCUT2D eigenvalue weighted by atomic mass is 9.68. The highest BCUT2D eigenvalue weighted by Crippen LogP contribution is 2.52. The van der Waals surface area contributed by atoms with Gasteiger partial charge in [0.25, 0.3) is 0 Å². The van der Waals surface area contributed by atoms with Crippen molar-refractivity contribution in [2.75, 3.05) is 11.9 Å². The Balaban J connectivity index is 1.73. The van der Waals surface area contributed by atoms with Gasteiger partial charge in [0.2, 0.25) is 0 Å². The van der Waals surface area contributed by atoms with Crippen LogP contribution in [0.2, 0.25) is 0 Å². The number of benzene rings is 3. The van der Waals surface area contributed by atoms with Crippen molar-refractivity contribution in [3.63, 3.8) is 0 Å². The van der Waals surface area contributed by atoms with Crippen molar-refractivity contribution < 1.29 is 13.2 Å². The first-order valence-corrected chi connectivity index (χ1v) is 11.9. The molecule has 2 aliphatic rings. The molecule has 1 N–H and O–H groups in total. The third-order valence-corrected chi connectivity index (χ3v) is 7.65. The van der Waals surface area contributed by atoms with Gasteiger partial charge in [0, 0.05) is 18.0 Å². The van der Waals surface area contributed by atoms with E-state index in [1.54, 1.807) is 35.0 Å². The minimum absolute atomic E-state index is 0.0203. The molecule has 6 rings (SSSR count). The van der Waals surface area contributed by atoms with E-state index in [1.807, 2.05) is 30.3 Å². The van der Waals surface area contributed by atoms with Crippen LogP contribution >= 0.6 is 0 Å². The van der Waals surface area contributed by atoms with E-state index in [0.717, 1.165) is 37.3 Å². The number of alkyl halides is 3. The topological polar surface area (TPSA) is 53.6 Å². The second-order valence-corrected chi connectivity index (χ2v) is 9.42. The Kier molecular flexibility index (Phi) is 4.89. The highest BCUT2D eigenvalue weighted by atomic mass is 19.4. The number of nitrogens with one attached hydrogen (secondary N) is 1. The number of aromatic nitrogens is 2. The Bertz CT molecular complexity index is 1450. The van der Waals surface area contributed by atoms with Crippen molar-refractivity contribution in [3.8, 4) is 17.2 Å². The first-order valence-electron chi connectivity index (χ1n) is 11.9. The lowest BCUT2D eigenvalue weighted by Crippen LogP contribution is -2.51. The van der Waals surface area contributed by atoms with Gasteiger partial charge in [-0.25, -0.2) is 4.68 Å².